The first-order chi connectivity index (χ1) is 9.71. The SMILES string of the molecule is Fc1ccccc1C1(CNCc2sccc2Cl)CCC1. The van der Waals surface area contributed by atoms with Crippen LogP contribution in [0.3, 0.4) is 0 Å². The smallest absolute Gasteiger partial charge is 0.127 e. The molecule has 2 aromatic rings. The maximum Gasteiger partial charge on any atom is 0.127 e. The number of nitrogens with one attached hydrogen (secondary N) is 1. The molecule has 1 fully saturated rings. The van der Waals surface area contributed by atoms with Crippen LogP contribution in [0.15, 0.2) is 35.7 Å². The van der Waals surface area contributed by atoms with Crippen molar-refractivity contribution in [2.75, 3.05) is 6.54 Å². The molecule has 1 heterocycles. The first-order valence-corrected chi connectivity index (χ1v) is 8.15. The van der Waals surface area contributed by atoms with Gasteiger partial charge in [-0.25, -0.2) is 4.39 Å². The van der Waals surface area contributed by atoms with Gasteiger partial charge in [0.2, 0.25) is 0 Å². The molecule has 106 valence electrons. The molecule has 0 atom stereocenters. The van der Waals surface area contributed by atoms with Crippen molar-refractivity contribution < 1.29 is 4.39 Å². The van der Waals surface area contributed by atoms with Gasteiger partial charge in [0.05, 0.1) is 5.02 Å². The van der Waals surface area contributed by atoms with Crippen LogP contribution in [0.2, 0.25) is 5.02 Å². The third-order valence-electron chi connectivity index (χ3n) is 4.20. The van der Waals surface area contributed by atoms with Crippen LogP contribution in [-0.2, 0) is 12.0 Å². The Morgan fingerprint density at radius 1 is 1.25 bits per heavy atom. The molecule has 0 bridgehead atoms. The first-order valence-electron chi connectivity index (χ1n) is 6.89. The second-order valence-corrected chi connectivity index (χ2v) is 6.82. The Bertz CT molecular complexity index is 592. The van der Waals surface area contributed by atoms with Gasteiger partial charge in [-0.05, 0) is 35.9 Å². The molecule has 20 heavy (non-hydrogen) atoms. The minimum Gasteiger partial charge on any atom is -0.311 e. The van der Waals surface area contributed by atoms with E-state index in [1.165, 1.54) is 6.42 Å². The summed E-state index contributed by atoms with van der Waals surface area (Å²) in [4.78, 5) is 1.15. The van der Waals surface area contributed by atoms with E-state index in [0.29, 0.717) is 0 Å². The van der Waals surface area contributed by atoms with Crippen LogP contribution in [0.5, 0.6) is 0 Å². The van der Waals surface area contributed by atoms with E-state index in [1.54, 1.807) is 23.5 Å². The van der Waals surface area contributed by atoms with Crippen LogP contribution in [-0.4, -0.2) is 6.54 Å². The van der Waals surface area contributed by atoms with Crippen molar-refractivity contribution >= 4 is 22.9 Å². The second kappa shape index (κ2) is 5.84. The number of rotatable bonds is 5. The molecule has 0 saturated heterocycles. The van der Waals surface area contributed by atoms with E-state index >= 15 is 0 Å². The largest absolute Gasteiger partial charge is 0.311 e. The third-order valence-corrected chi connectivity index (χ3v) is 5.58. The highest BCUT2D eigenvalue weighted by Crippen LogP contribution is 2.44. The lowest BCUT2D eigenvalue weighted by molar-refractivity contribution is 0.226. The van der Waals surface area contributed by atoms with Crippen LogP contribution in [0.4, 0.5) is 4.39 Å². The van der Waals surface area contributed by atoms with Crippen molar-refractivity contribution in [2.24, 2.45) is 0 Å². The highest BCUT2D eigenvalue weighted by atomic mass is 35.5. The molecule has 3 rings (SSSR count). The number of halogens is 2. The highest BCUT2D eigenvalue weighted by molar-refractivity contribution is 7.10. The van der Waals surface area contributed by atoms with E-state index in [0.717, 1.165) is 41.4 Å². The Balaban J connectivity index is 1.68. The summed E-state index contributed by atoms with van der Waals surface area (Å²) >= 11 is 7.75. The number of hydrogen-bond acceptors (Lipinski definition) is 2. The lowest BCUT2D eigenvalue weighted by Gasteiger charge is -2.43. The van der Waals surface area contributed by atoms with Crippen LogP contribution in [0, 0.1) is 5.82 Å². The maximum atomic E-state index is 14.0. The van der Waals surface area contributed by atoms with E-state index < -0.39 is 0 Å². The molecule has 1 nitrogen and oxygen atoms in total. The Hall–Kier alpha value is -0.900. The molecule has 1 aromatic heterocycles. The minimum atomic E-state index is -0.0804. The van der Waals surface area contributed by atoms with Gasteiger partial charge >= 0.3 is 0 Å². The summed E-state index contributed by atoms with van der Waals surface area (Å²) in [6, 6.07) is 9.08. The van der Waals surface area contributed by atoms with Crippen molar-refractivity contribution in [3.8, 4) is 0 Å². The number of thiophene rings is 1. The van der Waals surface area contributed by atoms with Gasteiger partial charge in [0, 0.05) is 23.4 Å². The van der Waals surface area contributed by atoms with Crippen LogP contribution < -0.4 is 5.32 Å². The summed E-state index contributed by atoms with van der Waals surface area (Å²) < 4.78 is 14.0. The second-order valence-electron chi connectivity index (χ2n) is 5.41. The summed E-state index contributed by atoms with van der Waals surface area (Å²) in [5.74, 6) is -0.0804. The third kappa shape index (κ3) is 2.62. The van der Waals surface area contributed by atoms with Crippen LogP contribution >= 0.6 is 22.9 Å². The van der Waals surface area contributed by atoms with Gasteiger partial charge in [0.1, 0.15) is 5.82 Å². The zero-order valence-corrected chi connectivity index (χ0v) is 12.7. The summed E-state index contributed by atoms with van der Waals surface area (Å²) in [7, 11) is 0. The zero-order chi connectivity index (χ0) is 14.0. The molecule has 1 aliphatic carbocycles. The van der Waals surface area contributed by atoms with Crippen molar-refractivity contribution in [1.29, 1.82) is 0 Å². The van der Waals surface area contributed by atoms with Gasteiger partial charge in [-0.3, -0.25) is 0 Å². The minimum absolute atomic E-state index is 0.0327. The van der Waals surface area contributed by atoms with Crippen LogP contribution in [0.1, 0.15) is 29.7 Å². The monoisotopic (exact) mass is 309 g/mol. The molecule has 1 saturated carbocycles. The quantitative estimate of drug-likeness (QED) is 0.840. The van der Waals surface area contributed by atoms with Gasteiger partial charge in [0.15, 0.2) is 0 Å². The van der Waals surface area contributed by atoms with Crippen molar-refractivity contribution in [2.45, 2.75) is 31.2 Å². The molecule has 1 aromatic carbocycles. The van der Waals surface area contributed by atoms with E-state index in [1.807, 2.05) is 23.6 Å². The lowest BCUT2D eigenvalue weighted by atomic mass is 9.64. The standard InChI is InChI=1S/C16H17ClFNS/c17-13-6-9-20-15(13)10-19-11-16(7-3-8-16)12-4-1-2-5-14(12)18/h1-2,4-6,9,19H,3,7-8,10-11H2. The number of benzene rings is 1. The van der Waals surface area contributed by atoms with Crippen molar-refractivity contribution in [3.63, 3.8) is 0 Å². The molecule has 0 unspecified atom stereocenters. The molecule has 1 aliphatic rings. The molecular formula is C16H17ClFNS. The molecule has 1 N–H and O–H groups in total. The predicted octanol–water partition coefficient (Wildman–Crippen LogP) is 4.75. The fourth-order valence-corrected chi connectivity index (χ4v) is 3.98. The maximum absolute atomic E-state index is 14.0. The van der Waals surface area contributed by atoms with Gasteiger partial charge < -0.3 is 5.32 Å². The van der Waals surface area contributed by atoms with E-state index in [2.05, 4.69) is 5.32 Å². The van der Waals surface area contributed by atoms with Crippen LogP contribution in [0.25, 0.3) is 0 Å². The summed E-state index contributed by atoms with van der Waals surface area (Å²) in [5, 5.41) is 6.27. The summed E-state index contributed by atoms with van der Waals surface area (Å²) in [6.45, 7) is 1.56. The average Bonchev–Trinajstić information content (AvgIpc) is 2.80. The van der Waals surface area contributed by atoms with E-state index in [9.17, 15) is 4.39 Å². The fraction of sp³-hybridized carbons (Fsp3) is 0.375. The van der Waals surface area contributed by atoms with E-state index in [-0.39, 0.29) is 11.2 Å². The normalized spacial score (nSPS) is 16.9. The Morgan fingerprint density at radius 2 is 2.05 bits per heavy atom. The molecular weight excluding hydrogens is 293 g/mol. The van der Waals surface area contributed by atoms with Gasteiger partial charge in [-0.15, -0.1) is 11.3 Å². The topological polar surface area (TPSA) is 12.0 Å². The summed E-state index contributed by atoms with van der Waals surface area (Å²) in [6.07, 6.45) is 3.29. The molecule has 0 spiro atoms. The Labute approximate surface area is 127 Å². The molecule has 0 radical (unpaired) electrons. The average molecular weight is 310 g/mol. The first kappa shape index (κ1) is 14.1. The summed E-state index contributed by atoms with van der Waals surface area (Å²) in [5.41, 5.74) is 0.825. The van der Waals surface area contributed by atoms with Crippen molar-refractivity contribution in [1.82, 2.24) is 5.32 Å². The Morgan fingerprint density at radius 3 is 2.65 bits per heavy atom. The Kier molecular flexibility index (Phi) is 4.11. The predicted molar refractivity (Wildman–Crippen MR) is 83.0 cm³/mol. The van der Waals surface area contributed by atoms with Gasteiger partial charge in [-0.1, -0.05) is 36.2 Å². The molecule has 0 aliphatic heterocycles. The number of hydrogen-bond donors (Lipinski definition) is 1. The molecule has 4 heteroatoms. The van der Waals surface area contributed by atoms with E-state index in [4.69, 9.17) is 11.6 Å². The van der Waals surface area contributed by atoms with Gasteiger partial charge in [0.25, 0.3) is 0 Å². The fourth-order valence-electron chi connectivity index (χ4n) is 2.90. The zero-order valence-electron chi connectivity index (χ0n) is 11.2. The molecule has 0 amide bonds. The van der Waals surface area contributed by atoms with Crippen molar-refractivity contribution in [3.05, 3.63) is 57.0 Å². The highest BCUT2D eigenvalue weighted by Gasteiger charge is 2.39. The van der Waals surface area contributed by atoms with Gasteiger partial charge in [-0.2, -0.15) is 0 Å². The lowest BCUT2D eigenvalue weighted by Crippen LogP contribution is -2.44.